The molecule has 8 atom stereocenters. The van der Waals surface area contributed by atoms with Crippen molar-refractivity contribution in [3.05, 3.63) is 71.9 Å². The van der Waals surface area contributed by atoms with E-state index in [0.717, 1.165) is 10.9 Å². The van der Waals surface area contributed by atoms with Crippen LogP contribution in [-0.2, 0) is 51.2 Å². The summed E-state index contributed by atoms with van der Waals surface area (Å²) in [5.74, 6) is -6.47. The number of guanidine groups is 2. The quantitative estimate of drug-likeness (QED) is 0.0356. The van der Waals surface area contributed by atoms with Crippen molar-refractivity contribution >= 4 is 70.1 Å². The zero-order valence-electron chi connectivity index (χ0n) is 42.9. The zero-order chi connectivity index (χ0) is 55.0. The number of carbonyl (C=O) groups excluding carboxylic acids is 8. The number of amides is 8. The fourth-order valence-corrected chi connectivity index (χ4v) is 8.52. The SMILES string of the molecule is CC(=O)N[C@@H](CCCN=C(N)N)C(=O)N[C@H]1CC(=O)NCCCC[C@@H](C(N)=O)NC(=O)[C@H](Cc2c[nH]c3ccccc23)NC(=O)C(CCCN=C(N)N)NC(=O)[C@@H](Cc2ccccc2)NC(O)[C@@H](CC(C)C)NC1=O. The van der Waals surface area contributed by atoms with E-state index in [-0.39, 0.29) is 102 Å². The van der Waals surface area contributed by atoms with Crippen LogP contribution in [0.4, 0.5) is 0 Å². The molecular weight excluding hydrogens is 969 g/mol. The summed E-state index contributed by atoms with van der Waals surface area (Å²) in [6.07, 6.45) is 0.610. The minimum absolute atomic E-state index is 0.0226. The molecule has 0 bridgehead atoms. The lowest BCUT2D eigenvalue weighted by molar-refractivity contribution is -0.135. The highest BCUT2D eigenvalue weighted by molar-refractivity contribution is 5.96. The number of aromatic amines is 1. The normalized spacial score (nSPS) is 22.3. The minimum atomic E-state index is -1.65. The second-order valence-corrected chi connectivity index (χ2v) is 19.0. The number of rotatable bonds is 18. The Morgan fingerprint density at radius 1 is 0.760 bits per heavy atom. The third-order valence-electron chi connectivity index (χ3n) is 12.3. The molecule has 0 radical (unpaired) electrons. The molecule has 1 saturated heterocycles. The van der Waals surface area contributed by atoms with Crippen molar-refractivity contribution in [1.29, 1.82) is 0 Å². The number of nitrogens with zero attached hydrogens (tertiary/aromatic N) is 2. The number of aliphatic imine (C=N–C) groups is 2. The van der Waals surface area contributed by atoms with Crippen LogP contribution >= 0.6 is 0 Å². The van der Waals surface area contributed by atoms with Crippen LogP contribution in [0.1, 0.15) is 89.7 Å². The highest BCUT2D eigenvalue weighted by Crippen LogP contribution is 2.20. The number of para-hydroxylation sites is 1. The molecule has 0 saturated carbocycles. The van der Waals surface area contributed by atoms with Crippen LogP contribution in [0.3, 0.4) is 0 Å². The molecule has 1 fully saturated rings. The molecular formula is C50H76N16O9. The topological polar surface area (TPSA) is 424 Å². The summed E-state index contributed by atoms with van der Waals surface area (Å²) in [7, 11) is 0. The Morgan fingerprint density at radius 2 is 1.40 bits per heavy atom. The number of benzene rings is 2. The summed E-state index contributed by atoms with van der Waals surface area (Å²) in [5.41, 5.74) is 30.0. The Bertz CT molecular complexity index is 2460. The monoisotopic (exact) mass is 1040 g/mol. The van der Waals surface area contributed by atoms with Crippen molar-refractivity contribution in [2.24, 2.45) is 44.6 Å². The first-order chi connectivity index (χ1) is 35.7. The molecule has 0 spiro atoms. The van der Waals surface area contributed by atoms with Crippen LogP contribution < -0.4 is 71.2 Å². The van der Waals surface area contributed by atoms with Gasteiger partial charge in [-0.05, 0) is 80.9 Å². The molecule has 2 unspecified atom stereocenters. The van der Waals surface area contributed by atoms with E-state index in [4.69, 9.17) is 28.7 Å². The van der Waals surface area contributed by atoms with E-state index in [1.54, 1.807) is 36.5 Å². The predicted octanol–water partition coefficient (Wildman–Crippen LogP) is -2.51. The number of H-pyrrole nitrogens is 1. The highest BCUT2D eigenvalue weighted by atomic mass is 16.3. The number of hydrogen-bond donors (Lipinski definition) is 15. The molecule has 25 nitrogen and oxygen atoms in total. The average Bonchev–Trinajstić information content (AvgIpc) is 3.76. The molecule has 410 valence electrons. The van der Waals surface area contributed by atoms with E-state index in [9.17, 15) is 43.5 Å². The van der Waals surface area contributed by atoms with Gasteiger partial charge in [0.15, 0.2) is 11.9 Å². The van der Waals surface area contributed by atoms with Gasteiger partial charge in [0.1, 0.15) is 36.4 Å². The summed E-state index contributed by atoms with van der Waals surface area (Å²) in [6, 6.07) is 7.24. The molecule has 3 aromatic rings. The number of nitrogens with one attached hydrogen (secondary N) is 9. The Hall–Kier alpha value is -7.80. The molecule has 1 aromatic heterocycles. The maximum absolute atomic E-state index is 14.7. The molecule has 4 rings (SSSR count). The van der Waals surface area contributed by atoms with E-state index < -0.39 is 102 Å². The van der Waals surface area contributed by atoms with E-state index in [2.05, 4.69) is 57.5 Å². The molecule has 1 aliphatic rings. The first-order valence-corrected chi connectivity index (χ1v) is 25.2. The van der Waals surface area contributed by atoms with Gasteiger partial charge in [-0.3, -0.25) is 53.7 Å². The van der Waals surface area contributed by atoms with Crippen molar-refractivity contribution in [2.45, 2.75) is 140 Å². The number of aliphatic hydroxyl groups excluding tert-OH is 1. The molecule has 25 heteroatoms. The van der Waals surface area contributed by atoms with Gasteiger partial charge in [-0.15, -0.1) is 0 Å². The molecule has 2 heterocycles. The first kappa shape index (κ1) is 59.8. The van der Waals surface area contributed by atoms with Gasteiger partial charge in [0.25, 0.3) is 0 Å². The van der Waals surface area contributed by atoms with Gasteiger partial charge in [0.05, 0.1) is 18.5 Å². The maximum atomic E-state index is 14.7. The number of hydrogen-bond acceptors (Lipinski definition) is 12. The highest BCUT2D eigenvalue weighted by Gasteiger charge is 2.35. The van der Waals surface area contributed by atoms with Crippen LogP contribution in [0.5, 0.6) is 0 Å². The van der Waals surface area contributed by atoms with Crippen molar-refractivity contribution in [3.63, 3.8) is 0 Å². The average molecular weight is 1050 g/mol. The predicted molar refractivity (Wildman–Crippen MR) is 282 cm³/mol. The number of fused-ring (bicyclic) bond motifs is 1. The van der Waals surface area contributed by atoms with Crippen molar-refractivity contribution in [2.75, 3.05) is 19.6 Å². The van der Waals surface area contributed by atoms with E-state index >= 15 is 0 Å². The largest absolute Gasteiger partial charge is 0.376 e. The lowest BCUT2D eigenvalue weighted by atomic mass is 9.99. The third kappa shape index (κ3) is 20.9. The Balaban J connectivity index is 1.77. The van der Waals surface area contributed by atoms with Gasteiger partial charge in [-0.1, -0.05) is 62.4 Å². The Morgan fingerprint density at radius 3 is 2.07 bits per heavy atom. The Kier molecular flexibility index (Phi) is 24.2. The minimum Gasteiger partial charge on any atom is -0.376 e. The van der Waals surface area contributed by atoms with Crippen LogP contribution in [0.25, 0.3) is 10.9 Å². The van der Waals surface area contributed by atoms with Crippen LogP contribution in [0, 0.1) is 5.92 Å². The summed E-state index contributed by atoms with van der Waals surface area (Å²) < 4.78 is 0. The van der Waals surface area contributed by atoms with Gasteiger partial charge in [0, 0.05) is 50.1 Å². The Labute approximate surface area is 435 Å². The molecule has 75 heavy (non-hydrogen) atoms. The number of primary amides is 1. The molecule has 1 aliphatic heterocycles. The summed E-state index contributed by atoms with van der Waals surface area (Å²) >= 11 is 0. The molecule has 8 amide bonds. The van der Waals surface area contributed by atoms with E-state index in [0.29, 0.717) is 11.1 Å². The van der Waals surface area contributed by atoms with Crippen molar-refractivity contribution in [3.8, 4) is 0 Å². The summed E-state index contributed by atoms with van der Waals surface area (Å²) in [6.45, 7) is 5.16. The zero-order valence-corrected chi connectivity index (χ0v) is 42.9. The number of carbonyl (C=O) groups is 8. The van der Waals surface area contributed by atoms with Gasteiger partial charge in [-0.25, -0.2) is 0 Å². The molecule has 20 N–H and O–H groups in total. The lowest BCUT2D eigenvalue weighted by Crippen LogP contribution is -2.62. The second-order valence-electron chi connectivity index (χ2n) is 19.0. The number of nitrogens with two attached hydrogens (primary N) is 5. The fraction of sp³-hybridized carbons (Fsp3) is 0.520. The molecule has 2 aromatic carbocycles. The summed E-state index contributed by atoms with van der Waals surface area (Å²) in [4.78, 5) is 122. The van der Waals surface area contributed by atoms with E-state index in [1.807, 2.05) is 38.1 Å². The van der Waals surface area contributed by atoms with Crippen molar-refractivity contribution < 1.29 is 43.5 Å². The lowest BCUT2D eigenvalue weighted by Gasteiger charge is -2.32. The first-order valence-electron chi connectivity index (χ1n) is 25.2. The van der Waals surface area contributed by atoms with Gasteiger partial charge < -0.3 is 76.0 Å². The second kappa shape index (κ2) is 30.4. The number of aliphatic hydroxyl groups is 1. The van der Waals surface area contributed by atoms with Crippen LogP contribution in [0.15, 0.2) is 70.8 Å². The van der Waals surface area contributed by atoms with Gasteiger partial charge >= 0.3 is 0 Å². The third-order valence-corrected chi connectivity index (χ3v) is 12.3. The van der Waals surface area contributed by atoms with Gasteiger partial charge in [0.2, 0.25) is 47.3 Å². The van der Waals surface area contributed by atoms with E-state index in [1.165, 1.54) is 6.92 Å². The summed E-state index contributed by atoms with van der Waals surface area (Å²) in [5, 5.41) is 34.8. The number of aromatic nitrogens is 1. The maximum Gasteiger partial charge on any atom is 0.243 e. The van der Waals surface area contributed by atoms with Crippen LogP contribution in [-0.4, -0.2) is 137 Å². The van der Waals surface area contributed by atoms with Crippen molar-refractivity contribution in [1.82, 2.24) is 47.5 Å². The standard InChI is InChI=1S/C50H76N16O9/c1-28(2)23-37-45(72)64-38(24-30-13-5-4-6-14-30)46(73)62-36(19-12-22-58-50(54)55)44(71)65-39(25-31-27-59-33-16-8-7-15-32(31)33)47(74)61-34(42(51)69)17-9-10-20-56-41(68)26-40(48(75)63-37)66-43(70)35(60-29(3)67)18-11-21-57-49(52)53/h4-8,13-16,27-28,34-40,45,59,64,72H,9-12,17-26H2,1-3H3,(H2,51,69)(H,56,68)(H,60,67)(H,61,74)(H,62,73)(H,63,75)(H,65,71)(H,66,70)(H4,52,53,57)(H4,54,55,58)/t34-,35-,36?,37+,38+,39-,40-,45?/m0/s1. The smallest absolute Gasteiger partial charge is 0.243 e. The van der Waals surface area contributed by atoms with Crippen LogP contribution in [0.2, 0.25) is 0 Å². The molecule has 0 aliphatic carbocycles. The fourth-order valence-electron chi connectivity index (χ4n) is 8.52. The van der Waals surface area contributed by atoms with Gasteiger partial charge in [-0.2, -0.15) is 0 Å².